The van der Waals surface area contributed by atoms with Crippen molar-refractivity contribution >= 4 is 17.4 Å². The molecule has 0 spiro atoms. The molecule has 2 unspecified atom stereocenters. The van der Waals surface area contributed by atoms with Crippen molar-refractivity contribution in [3.8, 4) is 0 Å². The maximum atomic E-state index is 11.9. The summed E-state index contributed by atoms with van der Waals surface area (Å²) >= 11 is 5.71. The number of ketones is 1. The molecule has 4 rings (SSSR count). The van der Waals surface area contributed by atoms with Crippen LogP contribution in [0.5, 0.6) is 0 Å². The molecule has 14 heavy (non-hydrogen) atoms. The molecule has 4 aliphatic carbocycles. The van der Waals surface area contributed by atoms with E-state index < -0.39 is 0 Å². The largest absolute Gasteiger partial charge is 0.299 e. The molecule has 0 N–H and O–H groups in total. The predicted molar refractivity (Wildman–Crippen MR) is 56.0 cm³/mol. The second kappa shape index (κ2) is 2.85. The van der Waals surface area contributed by atoms with E-state index in [0.717, 1.165) is 31.6 Å². The summed E-state index contributed by atoms with van der Waals surface area (Å²) in [7, 11) is 0. The molecule has 76 valence electrons. The van der Waals surface area contributed by atoms with Crippen LogP contribution in [0.2, 0.25) is 0 Å². The molecule has 4 aliphatic rings. The number of rotatable bonds is 1. The lowest BCUT2D eigenvalue weighted by Crippen LogP contribution is -2.50. The molecule has 2 heteroatoms. The van der Waals surface area contributed by atoms with Gasteiger partial charge in [-0.05, 0) is 43.4 Å². The maximum absolute atomic E-state index is 11.9. The van der Waals surface area contributed by atoms with E-state index in [4.69, 9.17) is 11.6 Å². The number of allylic oxidation sites excluding steroid dienone is 1. The quantitative estimate of drug-likeness (QED) is 0.650. The number of Topliss-reactive ketones (excluding diaryl/α,β-unsaturated/α-hetero) is 1. The first-order valence-corrected chi connectivity index (χ1v) is 5.98. The second-order valence-electron chi connectivity index (χ2n) is 5.40. The molecule has 0 saturated heterocycles. The number of carbonyl (C=O) groups excluding carboxylic acids is 1. The van der Waals surface area contributed by atoms with Crippen molar-refractivity contribution < 1.29 is 4.79 Å². The first kappa shape index (κ1) is 8.96. The minimum absolute atomic E-state index is 0.298. The number of hydrogen-bond donors (Lipinski definition) is 0. The van der Waals surface area contributed by atoms with Gasteiger partial charge in [0.2, 0.25) is 0 Å². The van der Waals surface area contributed by atoms with Crippen LogP contribution >= 0.6 is 11.6 Å². The van der Waals surface area contributed by atoms with Gasteiger partial charge in [0.1, 0.15) is 5.78 Å². The predicted octanol–water partition coefficient (Wildman–Crippen LogP) is 3.13. The molecule has 0 aromatic carbocycles. The van der Waals surface area contributed by atoms with Gasteiger partial charge in [0.05, 0.1) is 0 Å². The van der Waals surface area contributed by atoms with Crippen LogP contribution in [-0.4, -0.2) is 5.78 Å². The Morgan fingerprint density at radius 2 is 1.86 bits per heavy atom. The molecule has 0 heterocycles. The van der Waals surface area contributed by atoms with Crippen LogP contribution in [0.1, 0.15) is 32.1 Å². The lowest BCUT2D eigenvalue weighted by atomic mass is 9.49. The van der Waals surface area contributed by atoms with Crippen LogP contribution in [0.4, 0.5) is 0 Å². The summed E-state index contributed by atoms with van der Waals surface area (Å²) in [4.78, 5) is 11.9. The number of hydrogen-bond acceptors (Lipinski definition) is 1. The Morgan fingerprint density at radius 3 is 2.43 bits per heavy atom. The first-order valence-electron chi connectivity index (χ1n) is 5.54. The zero-order valence-corrected chi connectivity index (χ0v) is 8.96. The van der Waals surface area contributed by atoms with Crippen molar-refractivity contribution in [2.45, 2.75) is 32.1 Å². The van der Waals surface area contributed by atoms with E-state index in [-0.39, 0.29) is 0 Å². The van der Waals surface area contributed by atoms with Crippen molar-refractivity contribution in [2.24, 2.45) is 23.2 Å². The van der Waals surface area contributed by atoms with Crippen LogP contribution in [-0.2, 0) is 4.79 Å². The summed E-state index contributed by atoms with van der Waals surface area (Å²) in [6, 6.07) is 0. The smallest absolute Gasteiger partial charge is 0.139 e. The Labute approximate surface area is 89.5 Å². The molecule has 1 nitrogen and oxygen atoms in total. The highest BCUT2D eigenvalue weighted by molar-refractivity contribution is 6.25. The number of halogens is 1. The minimum Gasteiger partial charge on any atom is -0.299 e. The van der Waals surface area contributed by atoms with Crippen LogP contribution in [0.3, 0.4) is 0 Å². The Hall–Kier alpha value is -0.300. The number of carbonyl (C=O) groups is 1. The van der Waals surface area contributed by atoms with Gasteiger partial charge in [0, 0.05) is 17.4 Å². The van der Waals surface area contributed by atoms with Crippen LogP contribution < -0.4 is 0 Å². The van der Waals surface area contributed by atoms with Crippen molar-refractivity contribution in [3.05, 3.63) is 11.6 Å². The van der Waals surface area contributed by atoms with E-state index in [1.54, 1.807) is 5.54 Å². The molecule has 0 amide bonds. The molecule has 0 aromatic rings. The van der Waals surface area contributed by atoms with E-state index in [0.29, 0.717) is 23.0 Å². The van der Waals surface area contributed by atoms with Gasteiger partial charge in [0.25, 0.3) is 0 Å². The van der Waals surface area contributed by atoms with Gasteiger partial charge in [-0.25, -0.2) is 0 Å². The maximum Gasteiger partial charge on any atom is 0.139 e. The summed E-state index contributed by atoms with van der Waals surface area (Å²) in [5, 5.41) is 0. The fourth-order valence-electron chi connectivity index (χ4n) is 4.15. The minimum atomic E-state index is 0.298. The van der Waals surface area contributed by atoms with Crippen molar-refractivity contribution in [3.63, 3.8) is 0 Å². The molecule has 2 atom stereocenters. The second-order valence-corrected chi connectivity index (χ2v) is 5.65. The summed E-state index contributed by atoms with van der Waals surface area (Å²) in [6.45, 7) is 0. The summed E-state index contributed by atoms with van der Waals surface area (Å²) < 4.78 is 0. The SMILES string of the molecule is O=C1C2CC3CC1CC(C=CCl)(C3)C2. The van der Waals surface area contributed by atoms with Gasteiger partial charge in [0.15, 0.2) is 0 Å². The lowest BCUT2D eigenvalue weighted by molar-refractivity contribution is -0.144. The van der Waals surface area contributed by atoms with Crippen LogP contribution in [0.15, 0.2) is 11.6 Å². The Kier molecular flexibility index (Phi) is 1.82. The first-order chi connectivity index (χ1) is 6.72. The highest BCUT2D eigenvalue weighted by Crippen LogP contribution is 2.59. The fraction of sp³-hybridized carbons (Fsp3) is 0.750. The Bertz CT molecular complexity index is 289. The molecule has 4 saturated carbocycles. The van der Waals surface area contributed by atoms with Gasteiger partial charge in [-0.2, -0.15) is 0 Å². The molecular weight excluding hydrogens is 196 g/mol. The topological polar surface area (TPSA) is 17.1 Å². The van der Waals surface area contributed by atoms with E-state index in [1.807, 2.05) is 0 Å². The summed E-state index contributed by atoms with van der Waals surface area (Å²) in [5.41, 5.74) is 1.96. The fourth-order valence-corrected chi connectivity index (χ4v) is 4.41. The van der Waals surface area contributed by atoms with Crippen LogP contribution in [0, 0.1) is 23.2 Å². The van der Waals surface area contributed by atoms with Gasteiger partial charge in [-0.1, -0.05) is 17.7 Å². The average Bonchev–Trinajstić information content (AvgIpc) is 2.12. The molecule has 0 radical (unpaired) electrons. The van der Waals surface area contributed by atoms with E-state index >= 15 is 0 Å². The third-order valence-corrected chi connectivity index (χ3v) is 4.58. The van der Waals surface area contributed by atoms with Gasteiger partial charge in [-0.3, -0.25) is 4.79 Å². The molecule has 4 bridgehead atoms. The normalized spacial score (nSPS) is 50.6. The third-order valence-electron chi connectivity index (χ3n) is 4.46. The Morgan fingerprint density at radius 1 is 1.21 bits per heavy atom. The Balaban J connectivity index is 1.96. The average molecular weight is 211 g/mol. The van der Waals surface area contributed by atoms with Crippen molar-refractivity contribution in [1.29, 1.82) is 0 Å². The third kappa shape index (κ3) is 1.11. The van der Waals surface area contributed by atoms with Gasteiger partial charge >= 0.3 is 0 Å². The highest BCUT2D eigenvalue weighted by atomic mass is 35.5. The standard InChI is InChI=1S/C12H15ClO/c13-2-1-12-5-8-3-9(6-12)11(14)10(4-8)7-12/h1-2,8-10H,3-7H2. The zero-order chi connectivity index (χ0) is 9.76. The molecule has 4 fully saturated rings. The van der Waals surface area contributed by atoms with Crippen molar-refractivity contribution in [2.75, 3.05) is 0 Å². The highest BCUT2D eigenvalue weighted by Gasteiger charge is 2.53. The molecule has 0 aromatic heterocycles. The van der Waals surface area contributed by atoms with E-state index in [2.05, 4.69) is 6.08 Å². The van der Waals surface area contributed by atoms with Crippen molar-refractivity contribution in [1.82, 2.24) is 0 Å². The summed E-state index contributed by atoms with van der Waals surface area (Å²) in [5.74, 6) is 2.10. The monoisotopic (exact) mass is 210 g/mol. The molecular formula is C12H15ClO. The van der Waals surface area contributed by atoms with E-state index in [1.165, 1.54) is 6.42 Å². The molecule has 0 aliphatic heterocycles. The lowest BCUT2D eigenvalue weighted by Gasteiger charge is -2.54. The van der Waals surface area contributed by atoms with Gasteiger partial charge < -0.3 is 0 Å². The zero-order valence-electron chi connectivity index (χ0n) is 8.21. The summed E-state index contributed by atoms with van der Waals surface area (Å²) in [6.07, 6.45) is 7.90. The van der Waals surface area contributed by atoms with Gasteiger partial charge in [-0.15, -0.1) is 0 Å². The van der Waals surface area contributed by atoms with E-state index in [9.17, 15) is 4.79 Å². The van der Waals surface area contributed by atoms with Crippen LogP contribution in [0.25, 0.3) is 0 Å².